The molecule has 1 aromatic heterocycles. The van der Waals surface area contributed by atoms with Crippen LogP contribution in [0.3, 0.4) is 0 Å². The van der Waals surface area contributed by atoms with E-state index in [-0.39, 0.29) is 0 Å². The maximum atomic E-state index is 3.91. The summed E-state index contributed by atoms with van der Waals surface area (Å²) < 4.78 is 1.80. The standard InChI is InChI=1S/C9H15N4/c1-2-4-6-9(7-5-3-1)13-8-10-11-12-13/h9H,1-7H2. The van der Waals surface area contributed by atoms with E-state index in [4.69, 9.17) is 0 Å². The van der Waals surface area contributed by atoms with Crippen molar-refractivity contribution in [1.29, 1.82) is 0 Å². The Morgan fingerprint density at radius 3 is 2.31 bits per heavy atom. The smallest absolute Gasteiger partial charge is 0.220 e. The Morgan fingerprint density at radius 2 is 1.69 bits per heavy atom. The fraction of sp³-hybridized carbons (Fsp3) is 0.889. The predicted octanol–water partition coefficient (Wildman–Crippen LogP) is 1.76. The van der Waals surface area contributed by atoms with Crippen LogP contribution in [0.4, 0.5) is 0 Å². The van der Waals surface area contributed by atoms with Crippen LogP contribution in [0.15, 0.2) is 0 Å². The summed E-state index contributed by atoms with van der Waals surface area (Å²) in [5.74, 6) is 0. The van der Waals surface area contributed by atoms with Gasteiger partial charge in [-0.2, -0.15) is 0 Å². The van der Waals surface area contributed by atoms with Gasteiger partial charge in [0.15, 0.2) is 0 Å². The highest BCUT2D eigenvalue weighted by Crippen LogP contribution is 2.24. The molecule has 0 amide bonds. The molecule has 0 aromatic carbocycles. The highest BCUT2D eigenvalue weighted by molar-refractivity contribution is 4.67. The van der Waals surface area contributed by atoms with E-state index in [1.807, 2.05) is 0 Å². The van der Waals surface area contributed by atoms with Crippen molar-refractivity contribution in [3.63, 3.8) is 0 Å². The summed E-state index contributed by atoms with van der Waals surface area (Å²) in [6, 6.07) is 0.496. The van der Waals surface area contributed by atoms with Crippen LogP contribution in [0.1, 0.15) is 51.0 Å². The molecule has 1 radical (unpaired) electrons. The van der Waals surface area contributed by atoms with E-state index >= 15 is 0 Å². The van der Waals surface area contributed by atoms with Crippen molar-refractivity contribution in [1.82, 2.24) is 20.2 Å². The number of tetrazole rings is 1. The van der Waals surface area contributed by atoms with Crippen molar-refractivity contribution in [3.8, 4) is 0 Å². The SMILES string of the molecule is [c]1nnnn1C1CCCCCCC1. The molecule has 0 atom stereocenters. The highest BCUT2D eigenvalue weighted by atomic mass is 15.5. The first-order valence-electron chi connectivity index (χ1n) is 5.12. The lowest BCUT2D eigenvalue weighted by Crippen LogP contribution is -2.11. The Labute approximate surface area is 78.3 Å². The molecule has 1 aromatic rings. The van der Waals surface area contributed by atoms with Gasteiger partial charge in [-0.3, -0.25) is 0 Å². The van der Waals surface area contributed by atoms with Gasteiger partial charge >= 0.3 is 0 Å². The van der Waals surface area contributed by atoms with E-state index in [0.29, 0.717) is 6.04 Å². The number of hydrogen-bond acceptors (Lipinski definition) is 3. The van der Waals surface area contributed by atoms with Gasteiger partial charge in [-0.25, -0.2) is 4.68 Å². The van der Waals surface area contributed by atoms with Crippen molar-refractivity contribution in [2.24, 2.45) is 0 Å². The summed E-state index contributed by atoms with van der Waals surface area (Å²) in [5, 5.41) is 11.1. The lowest BCUT2D eigenvalue weighted by atomic mass is 9.97. The zero-order chi connectivity index (χ0) is 8.93. The van der Waals surface area contributed by atoms with E-state index in [9.17, 15) is 0 Å². The van der Waals surface area contributed by atoms with Gasteiger partial charge in [0, 0.05) is 0 Å². The van der Waals surface area contributed by atoms with Gasteiger partial charge < -0.3 is 0 Å². The number of aromatic nitrogens is 4. The van der Waals surface area contributed by atoms with Gasteiger partial charge in [0.25, 0.3) is 0 Å². The Balaban J connectivity index is 1.96. The maximum absolute atomic E-state index is 3.91. The molecule has 1 fully saturated rings. The molecule has 0 saturated heterocycles. The van der Waals surface area contributed by atoms with E-state index in [1.165, 1.54) is 44.9 Å². The molecule has 0 aliphatic heterocycles. The molecule has 0 unspecified atom stereocenters. The predicted molar refractivity (Wildman–Crippen MR) is 48.0 cm³/mol. The van der Waals surface area contributed by atoms with Crippen molar-refractivity contribution in [2.45, 2.75) is 51.0 Å². The van der Waals surface area contributed by atoms with Gasteiger partial charge in [-0.1, -0.05) is 32.1 Å². The van der Waals surface area contributed by atoms with Crippen LogP contribution in [-0.2, 0) is 0 Å². The van der Waals surface area contributed by atoms with Gasteiger partial charge in [-0.05, 0) is 23.3 Å². The summed E-state index contributed by atoms with van der Waals surface area (Å²) >= 11 is 0. The fourth-order valence-corrected chi connectivity index (χ4v) is 1.98. The van der Waals surface area contributed by atoms with E-state index in [1.54, 1.807) is 4.68 Å². The monoisotopic (exact) mass is 179 g/mol. The first kappa shape index (κ1) is 8.66. The zero-order valence-electron chi connectivity index (χ0n) is 7.82. The summed E-state index contributed by atoms with van der Waals surface area (Å²) in [5.41, 5.74) is 0. The molecule has 71 valence electrons. The second-order valence-corrected chi connectivity index (χ2v) is 3.72. The van der Waals surface area contributed by atoms with Crippen molar-refractivity contribution in [2.75, 3.05) is 0 Å². The van der Waals surface area contributed by atoms with Crippen molar-refractivity contribution < 1.29 is 0 Å². The Morgan fingerprint density at radius 1 is 1.00 bits per heavy atom. The average molecular weight is 179 g/mol. The number of rotatable bonds is 1. The topological polar surface area (TPSA) is 43.6 Å². The van der Waals surface area contributed by atoms with Crippen LogP contribution in [-0.4, -0.2) is 20.2 Å². The van der Waals surface area contributed by atoms with Crippen LogP contribution in [0.2, 0.25) is 0 Å². The molecule has 4 nitrogen and oxygen atoms in total. The summed E-state index contributed by atoms with van der Waals surface area (Å²) in [6.45, 7) is 0. The molecule has 1 aliphatic carbocycles. The summed E-state index contributed by atoms with van der Waals surface area (Å²) in [6.07, 6.45) is 11.9. The third-order valence-corrected chi connectivity index (χ3v) is 2.75. The third kappa shape index (κ3) is 2.26. The first-order chi connectivity index (χ1) is 6.47. The lowest BCUT2D eigenvalue weighted by molar-refractivity contribution is 0.340. The fourth-order valence-electron chi connectivity index (χ4n) is 1.98. The average Bonchev–Trinajstić information content (AvgIpc) is 2.55. The van der Waals surface area contributed by atoms with Gasteiger partial charge in [0.2, 0.25) is 6.33 Å². The minimum absolute atomic E-state index is 0.496. The van der Waals surface area contributed by atoms with Gasteiger partial charge in [0.1, 0.15) is 0 Å². The minimum atomic E-state index is 0.496. The molecule has 1 heterocycles. The number of hydrogen-bond donors (Lipinski definition) is 0. The molecule has 4 heteroatoms. The molecule has 0 N–H and O–H groups in total. The van der Waals surface area contributed by atoms with Gasteiger partial charge in [0.05, 0.1) is 6.04 Å². The highest BCUT2D eigenvalue weighted by Gasteiger charge is 2.13. The van der Waals surface area contributed by atoms with Crippen LogP contribution in [0.5, 0.6) is 0 Å². The normalized spacial score (nSPS) is 20.9. The Hall–Kier alpha value is -0.930. The van der Waals surface area contributed by atoms with Crippen LogP contribution in [0, 0.1) is 6.33 Å². The van der Waals surface area contributed by atoms with Crippen LogP contribution < -0.4 is 0 Å². The third-order valence-electron chi connectivity index (χ3n) is 2.75. The van der Waals surface area contributed by atoms with Gasteiger partial charge in [-0.15, -0.1) is 5.10 Å². The molecular weight excluding hydrogens is 164 g/mol. The molecule has 0 spiro atoms. The largest absolute Gasteiger partial charge is 0.221 e. The van der Waals surface area contributed by atoms with Crippen molar-refractivity contribution >= 4 is 0 Å². The zero-order valence-corrected chi connectivity index (χ0v) is 7.82. The number of nitrogens with zero attached hydrogens (tertiary/aromatic N) is 4. The second kappa shape index (κ2) is 4.35. The molecule has 1 aliphatic rings. The minimum Gasteiger partial charge on any atom is -0.220 e. The maximum Gasteiger partial charge on any atom is 0.221 e. The van der Waals surface area contributed by atoms with E-state index < -0.39 is 0 Å². The second-order valence-electron chi connectivity index (χ2n) is 3.72. The molecule has 1 saturated carbocycles. The quantitative estimate of drug-likeness (QED) is 0.659. The summed E-state index contributed by atoms with van der Waals surface area (Å²) in [4.78, 5) is 0. The lowest BCUT2D eigenvalue weighted by Gasteiger charge is -2.18. The van der Waals surface area contributed by atoms with E-state index in [2.05, 4.69) is 21.9 Å². The van der Waals surface area contributed by atoms with E-state index in [0.717, 1.165) is 0 Å². The molecular formula is C9H15N4. The van der Waals surface area contributed by atoms with Crippen molar-refractivity contribution in [3.05, 3.63) is 6.33 Å². The Kier molecular flexibility index (Phi) is 2.90. The first-order valence-corrected chi connectivity index (χ1v) is 5.12. The van der Waals surface area contributed by atoms with Crippen LogP contribution in [0.25, 0.3) is 0 Å². The summed E-state index contributed by atoms with van der Waals surface area (Å²) in [7, 11) is 0. The van der Waals surface area contributed by atoms with Crippen LogP contribution >= 0.6 is 0 Å². The molecule has 0 bridgehead atoms. The Bertz CT molecular complexity index is 224. The molecule has 2 rings (SSSR count). The molecule has 13 heavy (non-hydrogen) atoms.